The Morgan fingerprint density at radius 3 is 2.49 bits per heavy atom. The number of nitrogens with zero attached hydrogens (tertiary/aromatic N) is 4. The summed E-state index contributed by atoms with van der Waals surface area (Å²) in [5.41, 5.74) is 3.98. The van der Waals surface area contributed by atoms with Crippen LogP contribution in [-0.2, 0) is 16.6 Å². The van der Waals surface area contributed by atoms with E-state index in [4.69, 9.17) is 15.1 Å². The van der Waals surface area contributed by atoms with Gasteiger partial charge in [-0.2, -0.15) is 0 Å². The highest BCUT2D eigenvalue weighted by atomic mass is 32.2. The first kappa shape index (κ1) is 24.4. The third-order valence-electron chi connectivity index (χ3n) is 5.66. The number of nitrogens with one attached hydrogen (secondary N) is 2. The van der Waals surface area contributed by atoms with Gasteiger partial charge >= 0.3 is 0 Å². The summed E-state index contributed by atoms with van der Waals surface area (Å²) >= 11 is 0. The fraction of sp³-hybridized carbons (Fsp3) is 0.111. The minimum atomic E-state index is -3.85. The molecule has 3 aromatic heterocycles. The number of fused-ring (bicyclic) bond motifs is 1. The highest BCUT2D eigenvalue weighted by Gasteiger charge is 2.18. The van der Waals surface area contributed by atoms with Crippen LogP contribution in [0.25, 0.3) is 33.4 Å². The second-order valence-electron chi connectivity index (χ2n) is 8.17. The van der Waals surface area contributed by atoms with Crippen LogP contribution in [0, 0.1) is 0 Å². The van der Waals surface area contributed by atoms with E-state index in [1.165, 1.54) is 18.5 Å². The molecule has 0 amide bonds. The van der Waals surface area contributed by atoms with E-state index in [1.54, 1.807) is 6.20 Å². The van der Waals surface area contributed by atoms with E-state index in [-0.39, 0.29) is 18.0 Å². The number of anilines is 1. The minimum absolute atomic E-state index is 0.0387. The van der Waals surface area contributed by atoms with E-state index in [0.717, 1.165) is 22.2 Å². The Morgan fingerprint density at radius 1 is 0.865 bits per heavy atom. The number of aliphatic hydroxyl groups excluding tert-OH is 1. The number of benzene rings is 2. The molecule has 3 heterocycles. The summed E-state index contributed by atoms with van der Waals surface area (Å²) in [5.74, 6) is 0.921. The monoisotopic (exact) mass is 512 g/mol. The zero-order valence-electron chi connectivity index (χ0n) is 19.7. The molecule has 0 bridgehead atoms. The first-order valence-electron chi connectivity index (χ1n) is 11.6. The molecule has 0 fully saturated rings. The Bertz CT molecular complexity index is 1630. The number of hydrogen-bond donors (Lipinski definition) is 3. The summed E-state index contributed by atoms with van der Waals surface area (Å²) < 4.78 is 27.5. The first-order chi connectivity index (χ1) is 18.0. The molecule has 0 unspecified atom stereocenters. The van der Waals surface area contributed by atoms with Gasteiger partial charge in [0.25, 0.3) is 0 Å². The molecule has 0 aliphatic rings. The van der Waals surface area contributed by atoms with Crippen LogP contribution in [-0.4, -0.2) is 46.6 Å². The lowest BCUT2D eigenvalue weighted by Gasteiger charge is -2.14. The lowest BCUT2D eigenvalue weighted by atomic mass is 10.0. The second-order valence-corrected chi connectivity index (χ2v) is 9.93. The highest BCUT2D eigenvalue weighted by molar-refractivity contribution is 7.89. The molecular weight excluding hydrogens is 488 g/mol. The van der Waals surface area contributed by atoms with Crippen molar-refractivity contribution in [1.29, 1.82) is 0 Å². The molecule has 0 atom stereocenters. The predicted molar refractivity (Wildman–Crippen MR) is 142 cm³/mol. The lowest BCUT2D eigenvalue weighted by Crippen LogP contribution is -2.26. The second kappa shape index (κ2) is 10.8. The SMILES string of the molecule is O=S(=O)(NCCO)c1cncc(-c2nc(NCc3ccccn3)c3c(-c4ccccc4)cccc3n2)c1. The molecular formula is C27H24N6O3S. The van der Waals surface area contributed by atoms with Crippen molar-refractivity contribution >= 4 is 26.7 Å². The normalized spacial score (nSPS) is 11.5. The fourth-order valence-corrected chi connectivity index (χ4v) is 4.94. The van der Waals surface area contributed by atoms with Crippen molar-refractivity contribution in [3.8, 4) is 22.5 Å². The Labute approximate surface area is 214 Å². The maximum absolute atomic E-state index is 12.6. The zero-order chi connectivity index (χ0) is 25.7. The maximum Gasteiger partial charge on any atom is 0.242 e. The predicted octanol–water partition coefficient (Wildman–Crippen LogP) is 3.64. The van der Waals surface area contributed by atoms with Crippen molar-refractivity contribution in [1.82, 2.24) is 24.7 Å². The van der Waals surface area contributed by atoms with Gasteiger partial charge in [0.2, 0.25) is 10.0 Å². The Balaban J connectivity index is 1.64. The first-order valence-corrected chi connectivity index (χ1v) is 13.1. The summed E-state index contributed by atoms with van der Waals surface area (Å²) in [6.07, 6.45) is 4.51. The summed E-state index contributed by atoms with van der Waals surface area (Å²) in [7, 11) is -3.85. The van der Waals surface area contributed by atoms with E-state index < -0.39 is 10.0 Å². The molecule has 0 aliphatic carbocycles. The van der Waals surface area contributed by atoms with Crippen LogP contribution < -0.4 is 10.0 Å². The summed E-state index contributed by atoms with van der Waals surface area (Å²) in [6, 6.07) is 23.0. The van der Waals surface area contributed by atoms with Gasteiger partial charge in [0, 0.05) is 30.7 Å². The summed E-state index contributed by atoms with van der Waals surface area (Å²) in [4.78, 5) is 18.0. The highest BCUT2D eigenvalue weighted by Crippen LogP contribution is 2.34. The number of hydrogen-bond acceptors (Lipinski definition) is 8. The average molecular weight is 513 g/mol. The van der Waals surface area contributed by atoms with Crippen LogP contribution in [0.3, 0.4) is 0 Å². The van der Waals surface area contributed by atoms with Crippen LogP contribution in [0.4, 0.5) is 5.82 Å². The van der Waals surface area contributed by atoms with Crippen molar-refractivity contribution in [3.63, 3.8) is 0 Å². The van der Waals surface area contributed by atoms with Gasteiger partial charge in [-0.3, -0.25) is 9.97 Å². The minimum Gasteiger partial charge on any atom is -0.395 e. The summed E-state index contributed by atoms with van der Waals surface area (Å²) in [5, 5.41) is 13.3. The molecule has 9 nitrogen and oxygen atoms in total. The van der Waals surface area contributed by atoms with E-state index in [9.17, 15) is 8.42 Å². The van der Waals surface area contributed by atoms with Crippen LogP contribution in [0.1, 0.15) is 5.69 Å². The van der Waals surface area contributed by atoms with Gasteiger partial charge in [-0.1, -0.05) is 48.5 Å². The maximum atomic E-state index is 12.6. The van der Waals surface area contributed by atoms with E-state index in [0.29, 0.717) is 29.3 Å². The Kier molecular flexibility index (Phi) is 7.13. The largest absolute Gasteiger partial charge is 0.395 e. The van der Waals surface area contributed by atoms with Crippen molar-refractivity contribution in [3.05, 3.63) is 97.1 Å². The van der Waals surface area contributed by atoms with E-state index in [1.807, 2.05) is 66.7 Å². The summed E-state index contributed by atoms with van der Waals surface area (Å²) in [6.45, 7) is 0.0331. The van der Waals surface area contributed by atoms with Gasteiger partial charge in [0.1, 0.15) is 10.7 Å². The third-order valence-corrected chi connectivity index (χ3v) is 7.08. The molecule has 5 rings (SSSR count). The fourth-order valence-electron chi connectivity index (χ4n) is 3.93. The average Bonchev–Trinajstić information content (AvgIpc) is 2.95. The van der Waals surface area contributed by atoms with Crippen molar-refractivity contribution in [2.24, 2.45) is 0 Å². The van der Waals surface area contributed by atoms with Crippen molar-refractivity contribution in [2.75, 3.05) is 18.5 Å². The quantitative estimate of drug-likeness (QED) is 0.273. The lowest BCUT2D eigenvalue weighted by molar-refractivity contribution is 0.301. The molecule has 0 aliphatic heterocycles. The van der Waals surface area contributed by atoms with Gasteiger partial charge in [0.05, 0.1) is 29.7 Å². The molecule has 5 aromatic rings. The molecule has 0 spiro atoms. The number of sulfonamides is 1. The standard InChI is InChI=1S/C27H24N6O3S/c34-14-13-31-37(35,36)22-15-20(16-28-18-22)26-32-24-11-6-10-23(19-7-2-1-3-8-19)25(24)27(33-26)30-17-21-9-4-5-12-29-21/h1-12,15-16,18,31,34H,13-14,17H2,(H,30,32,33). The van der Waals surface area contributed by atoms with Gasteiger partial charge in [-0.05, 0) is 35.4 Å². The van der Waals surface area contributed by atoms with Crippen LogP contribution in [0.15, 0.2) is 96.3 Å². The third kappa shape index (κ3) is 5.46. The van der Waals surface area contributed by atoms with Gasteiger partial charge in [-0.25, -0.2) is 23.1 Å². The van der Waals surface area contributed by atoms with E-state index >= 15 is 0 Å². The molecule has 37 heavy (non-hydrogen) atoms. The van der Waals surface area contributed by atoms with Crippen molar-refractivity contribution in [2.45, 2.75) is 11.4 Å². The van der Waals surface area contributed by atoms with Gasteiger partial charge < -0.3 is 10.4 Å². The number of rotatable bonds is 9. The molecule has 0 radical (unpaired) electrons. The van der Waals surface area contributed by atoms with Gasteiger partial charge in [-0.15, -0.1) is 0 Å². The molecule has 10 heteroatoms. The van der Waals surface area contributed by atoms with E-state index in [2.05, 4.69) is 20.0 Å². The Morgan fingerprint density at radius 2 is 1.70 bits per heavy atom. The number of pyridine rings is 2. The molecule has 186 valence electrons. The van der Waals surface area contributed by atoms with Crippen LogP contribution in [0.5, 0.6) is 0 Å². The smallest absolute Gasteiger partial charge is 0.242 e. The van der Waals surface area contributed by atoms with Crippen LogP contribution >= 0.6 is 0 Å². The van der Waals surface area contributed by atoms with Crippen molar-refractivity contribution < 1.29 is 13.5 Å². The zero-order valence-corrected chi connectivity index (χ0v) is 20.6. The van der Waals surface area contributed by atoms with Crippen LogP contribution in [0.2, 0.25) is 0 Å². The topological polar surface area (TPSA) is 130 Å². The Hall–Kier alpha value is -4.25. The molecule has 2 aromatic carbocycles. The number of aromatic nitrogens is 4. The molecule has 3 N–H and O–H groups in total. The van der Waals surface area contributed by atoms with Gasteiger partial charge in [0.15, 0.2) is 5.82 Å². The molecule has 0 saturated carbocycles. The molecule has 0 saturated heterocycles. The number of aliphatic hydroxyl groups is 1.